The lowest BCUT2D eigenvalue weighted by atomic mass is 10.1. The Hall–Kier alpha value is -2.76. The Morgan fingerprint density at radius 2 is 1.67 bits per heavy atom. The Bertz CT molecular complexity index is 748. The third-order valence-corrected chi connectivity index (χ3v) is 3.47. The first-order valence-electron chi connectivity index (χ1n) is 7.79. The minimum absolute atomic E-state index is 0.224. The summed E-state index contributed by atoms with van der Waals surface area (Å²) in [6.45, 7) is 7.70. The summed E-state index contributed by atoms with van der Waals surface area (Å²) in [6, 6.07) is 6.93. The Morgan fingerprint density at radius 3 is 2.29 bits per heavy atom. The van der Waals surface area contributed by atoms with E-state index in [1.165, 1.54) is 0 Å². The number of aromatic nitrogens is 1. The van der Waals surface area contributed by atoms with Crippen molar-refractivity contribution in [3.63, 3.8) is 0 Å². The number of nitrogens with one attached hydrogen (secondary N) is 1. The topological polar surface area (TPSA) is 77.6 Å². The van der Waals surface area contributed by atoms with E-state index in [0.717, 1.165) is 0 Å². The molecule has 2 rings (SSSR count). The standard InChI is InChI=1S/C18H21NO5/c1-5-22-13-9-7-8-10-14(13)24-18(21)16-11(3)15(12(4)19-16)17(20)23-6-2/h7-10,19H,5-6H2,1-4H3. The number of esters is 2. The van der Waals surface area contributed by atoms with E-state index >= 15 is 0 Å². The average Bonchev–Trinajstić information content (AvgIpc) is 2.84. The molecule has 0 unspecified atom stereocenters. The SMILES string of the molecule is CCOC(=O)c1c(C)[nH]c(C(=O)Oc2ccccc2OCC)c1C. The second kappa shape index (κ2) is 7.68. The number of aryl methyl sites for hydroxylation is 1. The van der Waals surface area contributed by atoms with Gasteiger partial charge < -0.3 is 19.2 Å². The highest BCUT2D eigenvalue weighted by Crippen LogP contribution is 2.28. The van der Waals surface area contributed by atoms with Gasteiger partial charge in [0.15, 0.2) is 11.5 Å². The van der Waals surface area contributed by atoms with E-state index in [0.29, 0.717) is 34.9 Å². The monoisotopic (exact) mass is 331 g/mol. The van der Waals surface area contributed by atoms with Crippen molar-refractivity contribution in [2.45, 2.75) is 27.7 Å². The molecule has 1 heterocycles. The van der Waals surface area contributed by atoms with Crippen LogP contribution < -0.4 is 9.47 Å². The summed E-state index contributed by atoms with van der Waals surface area (Å²) in [7, 11) is 0. The molecule has 0 saturated heterocycles. The molecule has 1 aromatic carbocycles. The van der Waals surface area contributed by atoms with E-state index in [9.17, 15) is 9.59 Å². The smallest absolute Gasteiger partial charge is 0.360 e. The zero-order chi connectivity index (χ0) is 17.7. The highest BCUT2D eigenvalue weighted by molar-refractivity contribution is 5.99. The molecule has 0 aliphatic rings. The summed E-state index contributed by atoms with van der Waals surface area (Å²) < 4.78 is 15.9. The van der Waals surface area contributed by atoms with Crippen molar-refractivity contribution in [3.8, 4) is 11.5 Å². The molecule has 1 aromatic heterocycles. The number of rotatable bonds is 6. The van der Waals surface area contributed by atoms with E-state index in [1.54, 1.807) is 45.0 Å². The Labute approximate surface area is 140 Å². The van der Waals surface area contributed by atoms with Crippen molar-refractivity contribution in [2.24, 2.45) is 0 Å². The first-order chi connectivity index (χ1) is 11.5. The van der Waals surface area contributed by atoms with E-state index < -0.39 is 11.9 Å². The molecule has 128 valence electrons. The van der Waals surface area contributed by atoms with E-state index in [2.05, 4.69) is 4.98 Å². The maximum Gasteiger partial charge on any atom is 0.360 e. The largest absolute Gasteiger partial charge is 0.490 e. The van der Waals surface area contributed by atoms with Gasteiger partial charge in [0.25, 0.3) is 0 Å². The molecule has 1 N–H and O–H groups in total. The summed E-state index contributed by atoms with van der Waals surface area (Å²) in [5.41, 5.74) is 1.66. The molecule has 0 aliphatic carbocycles. The number of benzene rings is 1. The number of hydrogen-bond donors (Lipinski definition) is 1. The van der Waals surface area contributed by atoms with Crippen LogP contribution in [0.15, 0.2) is 24.3 Å². The Kier molecular flexibility index (Phi) is 5.63. The number of ether oxygens (including phenoxy) is 3. The fraction of sp³-hybridized carbons (Fsp3) is 0.333. The van der Waals surface area contributed by atoms with Crippen LogP contribution in [0, 0.1) is 13.8 Å². The fourth-order valence-corrected chi connectivity index (χ4v) is 2.42. The van der Waals surface area contributed by atoms with Gasteiger partial charge in [0.2, 0.25) is 0 Å². The molecule has 24 heavy (non-hydrogen) atoms. The minimum atomic E-state index is -0.585. The van der Waals surface area contributed by atoms with Crippen LogP contribution >= 0.6 is 0 Å². The average molecular weight is 331 g/mol. The molecule has 0 amide bonds. The summed E-state index contributed by atoms with van der Waals surface area (Å²) >= 11 is 0. The van der Waals surface area contributed by atoms with Gasteiger partial charge in [0.1, 0.15) is 5.69 Å². The molecule has 6 heteroatoms. The van der Waals surface area contributed by atoms with E-state index in [1.807, 2.05) is 6.92 Å². The first kappa shape index (κ1) is 17.6. The van der Waals surface area contributed by atoms with Gasteiger partial charge in [-0.1, -0.05) is 12.1 Å². The first-order valence-corrected chi connectivity index (χ1v) is 7.79. The minimum Gasteiger partial charge on any atom is -0.490 e. The molecule has 0 atom stereocenters. The predicted octanol–water partition coefficient (Wildman–Crippen LogP) is 3.43. The summed E-state index contributed by atoms with van der Waals surface area (Å²) in [4.78, 5) is 27.4. The van der Waals surface area contributed by atoms with Crippen LogP contribution in [-0.2, 0) is 4.74 Å². The predicted molar refractivity (Wildman–Crippen MR) is 88.8 cm³/mol. The summed E-state index contributed by atoms with van der Waals surface area (Å²) in [6.07, 6.45) is 0. The van der Waals surface area contributed by atoms with Crippen LogP contribution in [-0.4, -0.2) is 30.1 Å². The van der Waals surface area contributed by atoms with Crippen LogP contribution in [0.3, 0.4) is 0 Å². The molecule has 0 fully saturated rings. The third-order valence-electron chi connectivity index (χ3n) is 3.47. The molecule has 0 aliphatic heterocycles. The van der Waals surface area contributed by atoms with Crippen molar-refractivity contribution in [1.29, 1.82) is 0 Å². The van der Waals surface area contributed by atoms with Gasteiger partial charge in [0.05, 0.1) is 18.8 Å². The van der Waals surface area contributed by atoms with Gasteiger partial charge >= 0.3 is 11.9 Å². The number of carbonyl (C=O) groups excluding carboxylic acids is 2. The third kappa shape index (κ3) is 3.59. The lowest BCUT2D eigenvalue weighted by Crippen LogP contribution is -2.12. The molecule has 6 nitrogen and oxygen atoms in total. The molecular weight excluding hydrogens is 310 g/mol. The van der Waals surface area contributed by atoms with Crippen molar-refractivity contribution in [2.75, 3.05) is 13.2 Å². The van der Waals surface area contributed by atoms with Gasteiger partial charge in [-0.3, -0.25) is 0 Å². The summed E-state index contributed by atoms with van der Waals surface area (Å²) in [5, 5.41) is 0. The second-order valence-corrected chi connectivity index (χ2v) is 5.11. The number of para-hydroxylation sites is 2. The number of carbonyl (C=O) groups is 2. The number of aromatic amines is 1. The molecule has 0 radical (unpaired) electrons. The highest BCUT2D eigenvalue weighted by atomic mass is 16.6. The van der Waals surface area contributed by atoms with Crippen molar-refractivity contribution < 1.29 is 23.8 Å². The van der Waals surface area contributed by atoms with Crippen LogP contribution in [0.5, 0.6) is 11.5 Å². The normalized spacial score (nSPS) is 10.3. The number of H-pyrrole nitrogens is 1. The van der Waals surface area contributed by atoms with Gasteiger partial charge in [-0.2, -0.15) is 0 Å². The molecule has 0 spiro atoms. The van der Waals surface area contributed by atoms with Crippen molar-refractivity contribution in [1.82, 2.24) is 4.98 Å². The lowest BCUT2D eigenvalue weighted by molar-refractivity contribution is 0.0525. The zero-order valence-electron chi connectivity index (χ0n) is 14.3. The van der Waals surface area contributed by atoms with Crippen LogP contribution in [0.25, 0.3) is 0 Å². The maximum absolute atomic E-state index is 12.5. The highest BCUT2D eigenvalue weighted by Gasteiger charge is 2.24. The molecule has 0 bridgehead atoms. The van der Waals surface area contributed by atoms with Crippen LogP contribution in [0.2, 0.25) is 0 Å². The van der Waals surface area contributed by atoms with E-state index in [-0.39, 0.29) is 12.3 Å². The second-order valence-electron chi connectivity index (χ2n) is 5.11. The summed E-state index contributed by atoms with van der Waals surface area (Å²) in [5.74, 6) is -0.232. The maximum atomic E-state index is 12.5. The van der Waals surface area contributed by atoms with Crippen LogP contribution in [0.1, 0.15) is 46.0 Å². The molecular formula is C18H21NO5. The Morgan fingerprint density at radius 1 is 1.00 bits per heavy atom. The lowest BCUT2D eigenvalue weighted by Gasteiger charge is -2.10. The Balaban J connectivity index is 2.28. The van der Waals surface area contributed by atoms with E-state index in [4.69, 9.17) is 14.2 Å². The van der Waals surface area contributed by atoms with Crippen molar-refractivity contribution >= 4 is 11.9 Å². The van der Waals surface area contributed by atoms with Gasteiger partial charge in [-0.25, -0.2) is 9.59 Å². The molecule has 2 aromatic rings. The quantitative estimate of drug-likeness (QED) is 0.648. The molecule has 0 saturated carbocycles. The van der Waals surface area contributed by atoms with Gasteiger partial charge in [-0.05, 0) is 45.4 Å². The van der Waals surface area contributed by atoms with Crippen LogP contribution in [0.4, 0.5) is 0 Å². The van der Waals surface area contributed by atoms with Gasteiger partial charge in [-0.15, -0.1) is 0 Å². The van der Waals surface area contributed by atoms with Gasteiger partial charge in [0, 0.05) is 5.69 Å². The fourth-order valence-electron chi connectivity index (χ4n) is 2.42. The number of hydrogen-bond acceptors (Lipinski definition) is 5. The zero-order valence-corrected chi connectivity index (χ0v) is 14.3. The van der Waals surface area contributed by atoms with Crippen molar-refractivity contribution in [3.05, 3.63) is 46.8 Å².